The number of carboxylic acids is 1. The van der Waals surface area contributed by atoms with Gasteiger partial charge < -0.3 is 0 Å². The summed E-state index contributed by atoms with van der Waals surface area (Å²) < 4.78 is 0.958. The molecule has 0 saturated heterocycles. The summed E-state index contributed by atoms with van der Waals surface area (Å²) in [5.74, 6) is -0.977. The van der Waals surface area contributed by atoms with Gasteiger partial charge in [-0.05, 0) is 0 Å². The zero-order valence-corrected chi connectivity index (χ0v) is 8.72. The topological polar surface area (TPSA) is 37.3 Å². The molecular formula is C7H6AsClO2. The Morgan fingerprint density at radius 2 is 2.18 bits per heavy atom. The number of hydrogen-bond acceptors (Lipinski definition) is 1. The Bertz CT molecular complexity index is 298. The fourth-order valence-electron chi connectivity index (χ4n) is 0.707. The van der Waals surface area contributed by atoms with Gasteiger partial charge >= 0.3 is 77.5 Å². The minimum absolute atomic E-state index is 0.175. The van der Waals surface area contributed by atoms with Crippen LogP contribution >= 0.6 is 11.6 Å². The van der Waals surface area contributed by atoms with Gasteiger partial charge in [-0.2, -0.15) is 0 Å². The molecule has 0 fully saturated rings. The molecule has 0 aliphatic heterocycles. The molecule has 1 aromatic rings. The van der Waals surface area contributed by atoms with E-state index in [-0.39, 0.29) is 5.56 Å². The molecule has 58 valence electrons. The Balaban J connectivity index is 3.23. The summed E-state index contributed by atoms with van der Waals surface area (Å²) in [5.41, 5.74) is 0.175. The van der Waals surface area contributed by atoms with Crippen LogP contribution in [0, 0.1) is 0 Å². The molecule has 0 aromatic heterocycles. The number of hydrogen-bond donors (Lipinski definition) is 1. The Kier molecular flexibility index (Phi) is 2.58. The third-order valence-electron chi connectivity index (χ3n) is 1.22. The van der Waals surface area contributed by atoms with Gasteiger partial charge in [-0.3, -0.25) is 0 Å². The van der Waals surface area contributed by atoms with E-state index >= 15 is 0 Å². The third kappa shape index (κ3) is 1.98. The molecule has 0 heterocycles. The fourth-order valence-corrected chi connectivity index (χ4v) is 1.46. The first-order valence-electron chi connectivity index (χ1n) is 2.89. The van der Waals surface area contributed by atoms with E-state index in [9.17, 15) is 4.79 Å². The standard InChI is InChI=1S/C7H6AsClO2/c8-4-1-2-6(9)5(3-4)7(10)11/h1-3H,8H2,(H,10,11). The van der Waals surface area contributed by atoms with Crippen LogP contribution in [0.2, 0.25) is 5.02 Å². The molecule has 11 heavy (non-hydrogen) atoms. The van der Waals surface area contributed by atoms with Crippen LogP contribution in [0.3, 0.4) is 0 Å². The fraction of sp³-hybridized carbons (Fsp3) is 0. The molecule has 0 aliphatic carbocycles. The zero-order valence-electron chi connectivity index (χ0n) is 5.54. The Morgan fingerprint density at radius 1 is 1.55 bits per heavy atom. The van der Waals surface area contributed by atoms with Crippen LogP contribution in [0.25, 0.3) is 0 Å². The molecule has 0 aliphatic rings. The maximum atomic E-state index is 10.5. The van der Waals surface area contributed by atoms with Crippen molar-refractivity contribution in [2.75, 3.05) is 0 Å². The van der Waals surface area contributed by atoms with E-state index in [0.29, 0.717) is 5.02 Å². The average Bonchev–Trinajstić information content (AvgIpc) is 1.94. The summed E-state index contributed by atoms with van der Waals surface area (Å²) >= 11 is 7.00. The van der Waals surface area contributed by atoms with E-state index in [1.807, 2.05) is 0 Å². The van der Waals surface area contributed by atoms with Gasteiger partial charge in [0, 0.05) is 0 Å². The normalized spacial score (nSPS) is 9.64. The number of carbonyl (C=O) groups is 1. The first-order chi connectivity index (χ1) is 5.11. The minimum atomic E-state index is -0.977. The van der Waals surface area contributed by atoms with Gasteiger partial charge in [0.2, 0.25) is 0 Å². The number of halogens is 1. The van der Waals surface area contributed by atoms with Crippen LogP contribution in [-0.4, -0.2) is 27.9 Å². The quantitative estimate of drug-likeness (QED) is 0.707. The monoisotopic (exact) mass is 232 g/mol. The first-order valence-corrected chi connectivity index (χ1v) is 4.48. The Labute approximate surface area is 77.7 Å². The van der Waals surface area contributed by atoms with Gasteiger partial charge in [0.15, 0.2) is 0 Å². The maximum absolute atomic E-state index is 10.5. The van der Waals surface area contributed by atoms with Crippen LogP contribution in [-0.2, 0) is 0 Å². The predicted octanol–water partition coefficient (Wildman–Crippen LogP) is 0.297. The van der Waals surface area contributed by atoms with Gasteiger partial charge in [0.25, 0.3) is 0 Å². The average molecular weight is 232 g/mol. The summed E-state index contributed by atoms with van der Waals surface area (Å²) in [6.45, 7) is 0. The molecule has 0 spiro atoms. The Hall–Kier alpha value is -0.462. The summed E-state index contributed by atoms with van der Waals surface area (Å²) in [7, 11) is 0. The molecule has 0 saturated carbocycles. The van der Waals surface area contributed by atoms with Crippen LogP contribution in [0.1, 0.15) is 10.4 Å². The van der Waals surface area contributed by atoms with Crippen LogP contribution in [0.5, 0.6) is 0 Å². The second-order valence-electron chi connectivity index (χ2n) is 2.04. The van der Waals surface area contributed by atoms with E-state index in [0.717, 1.165) is 4.35 Å². The molecule has 0 amide bonds. The van der Waals surface area contributed by atoms with Crippen LogP contribution in [0.4, 0.5) is 0 Å². The molecule has 1 rings (SSSR count). The van der Waals surface area contributed by atoms with Crippen LogP contribution in [0.15, 0.2) is 18.2 Å². The molecule has 1 N–H and O–H groups in total. The van der Waals surface area contributed by atoms with Crippen molar-refractivity contribution in [2.45, 2.75) is 0 Å². The van der Waals surface area contributed by atoms with Crippen molar-refractivity contribution in [1.29, 1.82) is 0 Å². The molecule has 0 bridgehead atoms. The Morgan fingerprint density at radius 3 is 2.64 bits per heavy atom. The first kappa shape index (κ1) is 8.63. The SMILES string of the molecule is O=C(O)c1cc([AsH2])ccc1Cl. The molecule has 1 atom stereocenters. The van der Waals surface area contributed by atoms with E-state index in [1.165, 1.54) is 16.9 Å². The summed E-state index contributed by atoms with van der Waals surface area (Å²) in [4.78, 5) is 10.5. The van der Waals surface area contributed by atoms with Gasteiger partial charge in [-0.15, -0.1) is 0 Å². The van der Waals surface area contributed by atoms with Gasteiger partial charge in [-0.25, -0.2) is 0 Å². The third-order valence-corrected chi connectivity index (χ3v) is 2.30. The second-order valence-corrected chi connectivity index (χ2v) is 3.85. The molecule has 2 nitrogen and oxygen atoms in total. The predicted molar refractivity (Wildman–Crippen MR) is 46.6 cm³/mol. The summed E-state index contributed by atoms with van der Waals surface area (Å²) in [6.07, 6.45) is 0. The molecule has 1 unspecified atom stereocenters. The van der Waals surface area contributed by atoms with E-state index in [4.69, 9.17) is 16.7 Å². The molecule has 1 aromatic carbocycles. The van der Waals surface area contributed by atoms with E-state index < -0.39 is 5.97 Å². The van der Waals surface area contributed by atoms with Crippen molar-refractivity contribution in [3.8, 4) is 0 Å². The number of rotatable bonds is 1. The van der Waals surface area contributed by atoms with Crippen molar-refractivity contribution < 1.29 is 9.90 Å². The second kappa shape index (κ2) is 3.29. The van der Waals surface area contributed by atoms with Crippen molar-refractivity contribution in [2.24, 2.45) is 0 Å². The molecule has 0 radical (unpaired) electrons. The number of aromatic carboxylic acids is 1. The van der Waals surface area contributed by atoms with Crippen molar-refractivity contribution in [1.82, 2.24) is 0 Å². The number of carboxylic acid groups (broad SMARTS) is 1. The van der Waals surface area contributed by atoms with E-state index in [1.54, 1.807) is 18.2 Å². The summed E-state index contributed by atoms with van der Waals surface area (Å²) in [5, 5.41) is 8.90. The van der Waals surface area contributed by atoms with Gasteiger partial charge in [0.05, 0.1) is 0 Å². The summed E-state index contributed by atoms with van der Waals surface area (Å²) in [6, 6.07) is 4.97. The zero-order chi connectivity index (χ0) is 8.43. The van der Waals surface area contributed by atoms with Crippen molar-refractivity contribution in [3.63, 3.8) is 0 Å². The van der Waals surface area contributed by atoms with Crippen molar-refractivity contribution >= 4 is 38.8 Å². The number of benzene rings is 1. The molecule has 4 heteroatoms. The van der Waals surface area contributed by atoms with Gasteiger partial charge in [-0.1, -0.05) is 0 Å². The van der Waals surface area contributed by atoms with E-state index in [2.05, 4.69) is 0 Å². The van der Waals surface area contributed by atoms with Crippen molar-refractivity contribution in [3.05, 3.63) is 28.8 Å². The van der Waals surface area contributed by atoms with Crippen LogP contribution < -0.4 is 4.35 Å². The molecular weight excluding hydrogens is 226 g/mol. The van der Waals surface area contributed by atoms with Gasteiger partial charge in [0.1, 0.15) is 0 Å².